The van der Waals surface area contributed by atoms with Crippen molar-refractivity contribution in [3.8, 4) is 0 Å². The number of rotatable bonds is 57. The Bertz CT molecular complexity index is 1550. The third kappa shape index (κ3) is 55.7. The molecule has 12 heteroatoms. The average molecular weight is 1090 g/mol. The molecule has 76 heavy (non-hydrogen) atoms. The number of unbranched alkanes of at least 4 members (excludes halogenated alkanes) is 28. The molecule has 0 aliphatic heterocycles. The highest BCUT2D eigenvalue weighted by Crippen LogP contribution is 2.43. The summed E-state index contributed by atoms with van der Waals surface area (Å²) < 4.78 is 39.6. The Kier molecular flexibility index (Phi) is 55.7. The number of hydrogen-bond acceptors (Lipinski definition) is 10. The first-order valence-corrected chi connectivity index (χ1v) is 32.3. The van der Waals surface area contributed by atoms with Gasteiger partial charge in [-0.2, -0.15) is 0 Å². The van der Waals surface area contributed by atoms with E-state index in [0.717, 1.165) is 96.3 Å². The zero-order valence-electron chi connectivity index (χ0n) is 48.7. The van der Waals surface area contributed by atoms with Crippen LogP contribution >= 0.6 is 7.82 Å². The van der Waals surface area contributed by atoms with Gasteiger partial charge in [0.25, 0.3) is 0 Å². The molecule has 0 aromatic heterocycles. The third-order valence-electron chi connectivity index (χ3n) is 13.1. The lowest BCUT2D eigenvalue weighted by Gasteiger charge is -2.21. The second-order valence-corrected chi connectivity index (χ2v) is 21.9. The van der Waals surface area contributed by atoms with Crippen LogP contribution in [0.15, 0.2) is 72.9 Å². The van der Waals surface area contributed by atoms with E-state index in [1.807, 2.05) is 0 Å². The quantitative estimate of drug-likeness (QED) is 0.0197. The van der Waals surface area contributed by atoms with Crippen LogP contribution in [-0.4, -0.2) is 66.5 Å². The van der Waals surface area contributed by atoms with Crippen LogP contribution < -0.4 is 0 Å². The summed E-state index contributed by atoms with van der Waals surface area (Å²) in [5.74, 6) is -1.51. The molecule has 0 aliphatic carbocycles. The maximum atomic E-state index is 12.9. The number of aliphatic hydroxyl groups excluding tert-OH is 1. The summed E-state index contributed by atoms with van der Waals surface area (Å²) in [5.41, 5.74) is 0. The van der Waals surface area contributed by atoms with Crippen molar-refractivity contribution < 1.29 is 52.2 Å². The number of phosphoric ester groups is 1. The summed E-state index contributed by atoms with van der Waals surface area (Å²) in [6, 6.07) is 0. The standard InChI is InChI=1S/C64H113O11P/c1-4-7-10-13-16-19-22-25-28-29-30-31-34-37-40-43-46-49-52-55-64(68)75-61(57-71-62(66)53-50-47-44-41-38-35-32-26-23-20-17-14-11-8-5-2)59-73-76(69,70)72-58-60(56-65)74-63(67)54-51-48-45-42-39-36-33-27-24-21-18-15-12-9-6-3/h9,12,18,21,25-28,32-33,39,42,60-61,65H,4-8,10-11,13-17,19-20,22-24,29-31,34-38,40-41,43-59H2,1-3H3,(H,69,70)/b12-9-,21-18-,28-25-,32-26-,33-27-,42-39-. The highest BCUT2D eigenvalue weighted by molar-refractivity contribution is 7.47. The van der Waals surface area contributed by atoms with E-state index >= 15 is 0 Å². The fourth-order valence-electron chi connectivity index (χ4n) is 8.40. The van der Waals surface area contributed by atoms with Gasteiger partial charge in [-0.05, 0) is 109 Å². The van der Waals surface area contributed by atoms with Crippen molar-refractivity contribution in [2.75, 3.05) is 26.4 Å². The minimum absolute atomic E-state index is 0.123. The summed E-state index contributed by atoms with van der Waals surface area (Å²) >= 11 is 0. The molecular formula is C64H113O11P. The van der Waals surface area contributed by atoms with Gasteiger partial charge in [0, 0.05) is 19.3 Å². The van der Waals surface area contributed by atoms with E-state index in [-0.39, 0.29) is 25.9 Å². The van der Waals surface area contributed by atoms with Crippen molar-refractivity contribution in [1.82, 2.24) is 0 Å². The van der Waals surface area contributed by atoms with Gasteiger partial charge in [-0.1, -0.05) is 222 Å². The van der Waals surface area contributed by atoms with E-state index in [1.54, 1.807) is 0 Å². The minimum atomic E-state index is -4.76. The number of hydrogen-bond donors (Lipinski definition) is 2. The highest BCUT2D eigenvalue weighted by Gasteiger charge is 2.28. The maximum Gasteiger partial charge on any atom is 0.472 e. The lowest BCUT2D eigenvalue weighted by molar-refractivity contribution is -0.161. The number of carbonyl (C=O) groups is 3. The van der Waals surface area contributed by atoms with Crippen molar-refractivity contribution in [3.63, 3.8) is 0 Å². The van der Waals surface area contributed by atoms with Crippen molar-refractivity contribution in [1.29, 1.82) is 0 Å². The number of esters is 3. The monoisotopic (exact) mass is 1090 g/mol. The van der Waals surface area contributed by atoms with E-state index in [0.29, 0.717) is 19.3 Å². The second-order valence-electron chi connectivity index (χ2n) is 20.5. The molecule has 440 valence electrons. The molecule has 0 saturated carbocycles. The largest absolute Gasteiger partial charge is 0.472 e. The van der Waals surface area contributed by atoms with Crippen LogP contribution in [-0.2, 0) is 42.2 Å². The van der Waals surface area contributed by atoms with E-state index in [2.05, 4.69) is 93.7 Å². The molecule has 0 aliphatic rings. The predicted molar refractivity (Wildman–Crippen MR) is 316 cm³/mol. The molecule has 3 unspecified atom stereocenters. The number of allylic oxidation sites excluding steroid dienone is 12. The van der Waals surface area contributed by atoms with E-state index in [9.17, 15) is 28.9 Å². The summed E-state index contributed by atoms with van der Waals surface area (Å²) in [6.07, 6.45) is 65.7. The van der Waals surface area contributed by atoms with Gasteiger partial charge in [0.15, 0.2) is 6.10 Å². The number of carbonyl (C=O) groups excluding carboxylic acids is 3. The van der Waals surface area contributed by atoms with Crippen molar-refractivity contribution >= 4 is 25.7 Å². The van der Waals surface area contributed by atoms with Crippen molar-refractivity contribution in [2.24, 2.45) is 0 Å². The van der Waals surface area contributed by atoms with Gasteiger partial charge in [-0.15, -0.1) is 0 Å². The normalized spacial score (nSPS) is 13.8. The first-order valence-electron chi connectivity index (χ1n) is 30.8. The Morgan fingerprint density at radius 1 is 0.382 bits per heavy atom. The van der Waals surface area contributed by atoms with Crippen LogP contribution in [0.5, 0.6) is 0 Å². The minimum Gasteiger partial charge on any atom is -0.462 e. The molecule has 0 aromatic carbocycles. The molecule has 11 nitrogen and oxygen atoms in total. The summed E-state index contributed by atoms with van der Waals surface area (Å²) in [7, 11) is -4.76. The lowest BCUT2D eigenvalue weighted by atomic mass is 10.1. The van der Waals surface area contributed by atoms with Crippen LogP contribution in [0, 0.1) is 0 Å². The number of aliphatic hydroxyl groups is 1. The van der Waals surface area contributed by atoms with Gasteiger partial charge in [-0.3, -0.25) is 23.4 Å². The second kappa shape index (κ2) is 58.1. The van der Waals surface area contributed by atoms with E-state index < -0.39 is 57.8 Å². The molecule has 2 N–H and O–H groups in total. The van der Waals surface area contributed by atoms with Crippen molar-refractivity contribution in [3.05, 3.63) is 72.9 Å². The Labute approximate surface area is 465 Å². The third-order valence-corrected chi connectivity index (χ3v) is 14.0. The van der Waals surface area contributed by atoms with Crippen LogP contribution in [0.4, 0.5) is 0 Å². The number of phosphoric acid groups is 1. The van der Waals surface area contributed by atoms with E-state index in [1.165, 1.54) is 122 Å². The predicted octanol–water partition coefficient (Wildman–Crippen LogP) is 18.5. The molecule has 0 bridgehead atoms. The average Bonchev–Trinajstić information content (AvgIpc) is 3.41. The van der Waals surface area contributed by atoms with Crippen LogP contribution in [0.2, 0.25) is 0 Å². The summed E-state index contributed by atoms with van der Waals surface area (Å²) in [6.45, 7) is 4.49. The van der Waals surface area contributed by atoms with Crippen LogP contribution in [0.3, 0.4) is 0 Å². The topological polar surface area (TPSA) is 155 Å². The van der Waals surface area contributed by atoms with Gasteiger partial charge >= 0.3 is 25.7 Å². The fraction of sp³-hybridized carbons (Fsp3) is 0.766. The first kappa shape index (κ1) is 72.9. The molecule has 0 fully saturated rings. The first-order chi connectivity index (χ1) is 37.2. The molecule has 0 rings (SSSR count). The van der Waals surface area contributed by atoms with Crippen LogP contribution in [0.25, 0.3) is 0 Å². The highest BCUT2D eigenvalue weighted by atomic mass is 31.2. The Morgan fingerprint density at radius 3 is 1.09 bits per heavy atom. The van der Waals surface area contributed by atoms with Gasteiger partial charge < -0.3 is 24.2 Å². The maximum absolute atomic E-state index is 12.9. The van der Waals surface area contributed by atoms with Gasteiger partial charge in [-0.25, -0.2) is 4.57 Å². The van der Waals surface area contributed by atoms with Gasteiger partial charge in [0.1, 0.15) is 12.7 Å². The number of ether oxygens (including phenoxy) is 3. The molecule has 0 saturated heterocycles. The lowest BCUT2D eigenvalue weighted by Crippen LogP contribution is -2.30. The molecule has 0 aromatic rings. The Hall–Kier alpha value is -3.08. The summed E-state index contributed by atoms with van der Waals surface area (Å²) in [4.78, 5) is 48.6. The zero-order chi connectivity index (χ0) is 55.5. The van der Waals surface area contributed by atoms with Crippen molar-refractivity contribution in [2.45, 2.75) is 290 Å². The summed E-state index contributed by atoms with van der Waals surface area (Å²) in [5, 5.41) is 9.82. The molecular weight excluding hydrogens is 976 g/mol. The Balaban J connectivity index is 4.75. The molecule has 0 radical (unpaired) electrons. The van der Waals surface area contributed by atoms with Crippen LogP contribution in [0.1, 0.15) is 278 Å². The molecule has 0 amide bonds. The molecule has 0 spiro atoms. The SMILES string of the molecule is CC/C=C\C/C=C\C/C=C\C/C=C\CCCCC(=O)OC(CO)COP(=O)(O)OCC(COC(=O)CCCCCCC/C=C\CCCCCCCC)OC(=O)CCCCCCCCCCC/C=C\CCCCCCCC. The Morgan fingerprint density at radius 2 is 0.684 bits per heavy atom. The zero-order valence-corrected chi connectivity index (χ0v) is 49.6. The molecule has 3 atom stereocenters. The van der Waals surface area contributed by atoms with Gasteiger partial charge in [0.05, 0.1) is 19.8 Å². The molecule has 0 heterocycles. The van der Waals surface area contributed by atoms with Gasteiger partial charge in [0.2, 0.25) is 0 Å². The fourth-order valence-corrected chi connectivity index (χ4v) is 9.18. The smallest absolute Gasteiger partial charge is 0.462 e. The van der Waals surface area contributed by atoms with E-state index in [4.69, 9.17) is 23.3 Å².